The second kappa shape index (κ2) is 5.91. The Balaban J connectivity index is 1.85. The van der Waals surface area contributed by atoms with Crippen LogP contribution in [0.5, 0.6) is 0 Å². The standard InChI is InChI=1S/C12H18N4O4/c1-13(2)12(17)15-7-5-14(6-8-15)9-10-3-4-11(20-10)16(18)19/h3-4H,5-9H2,1-2H3. The highest BCUT2D eigenvalue weighted by Crippen LogP contribution is 2.18. The minimum absolute atomic E-state index is 0.0123. The van der Waals surface area contributed by atoms with Gasteiger partial charge in [0.05, 0.1) is 12.6 Å². The lowest BCUT2D eigenvalue weighted by atomic mass is 10.3. The summed E-state index contributed by atoms with van der Waals surface area (Å²) in [5.74, 6) is 0.338. The molecule has 0 radical (unpaired) electrons. The summed E-state index contributed by atoms with van der Waals surface area (Å²) in [4.78, 5) is 27.2. The van der Waals surface area contributed by atoms with E-state index < -0.39 is 4.92 Å². The molecule has 0 aliphatic carbocycles. The van der Waals surface area contributed by atoms with Crippen LogP contribution in [0.3, 0.4) is 0 Å². The maximum absolute atomic E-state index is 11.8. The third-order valence-corrected chi connectivity index (χ3v) is 3.23. The van der Waals surface area contributed by atoms with Crippen molar-refractivity contribution in [3.8, 4) is 0 Å². The monoisotopic (exact) mass is 282 g/mol. The van der Waals surface area contributed by atoms with Gasteiger partial charge in [0.15, 0.2) is 0 Å². The van der Waals surface area contributed by atoms with Crippen molar-refractivity contribution in [2.24, 2.45) is 0 Å². The number of carbonyl (C=O) groups excluding carboxylic acids is 1. The highest BCUT2D eigenvalue weighted by atomic mass is 16.6. The minimum atomic E-state index is -0.544. The summed E-state index contributed by atoms with van der Waals surface area (Å²) in [5.41, 5.74) is 0. The van der Waals surface area contributed by atoms with Crippen LogP contribution in [0.1, 0.15) is 5.76 Å². The number of carbonyl (C=O) groups is 1. The number of hydrogen-bond donors (Lipinski definition) is 0. The second-order valence-corrected chi connectivity index (χ2v) is 4.94. The fourth-order valence-corrected chi connectivity index (χ4v) is 2.15. The van der Waals surface area contributed by atoms with Crippen molar-refractivity contribution in [3.05, 3.63) is 28.0 Å². The van der Waals surface area contributed by atoms with Crippen molar-refractivity contribution < 1.29 is 14.1 Å². The Hall–Kier alpha value is -2.09. The van der Waals surface area contributed by atoms with E-state index in [1.54, 1.807) is 30.0 Å². The second-order valence-electron chi connectivity index (χ2n) is 4.94. The molecular weight excluding hydrogens is 264 g/mol. The molecule has 1 saturated heterocycles. The normalized spacial score (nSPS) is 16.2. The van der Waals surface area contributed by atoms with Crippen LogP contribution in [-0.4, -0.2) is 65.9 Å². The molecule has 1 aromatic heterocycles. The van der Waals surface area contributed by atoms with E-state index in [1.165, 1.54) is 6.07 Å². The lowest BCUT2D eigenvalue weighted by Gasteiger charge is -2.35. The Bertz CT molecular complexity index is 491. The number of piperazine rings is 1. The number of hydrogen-bond acceptors (Lipinski definition) is 5. The van der Waals surface area contributed by atoms with Crippen LogP contribution < -0.4 is 0 Å². The summed E-state index contributed by atoms with van der Waals surface area (Å²) in [6.07, 6.45) is 0. The SMILES string of the molecule is CN(C)C(=O)N1CCN(Cc2ccc([N+](=O)[O-])o2)CC1. The van der Waals surface area contributed by atoms with Gasteiger partial charge in [0.1, 0.15) is 10.7 Å². The van der Waals surface area contributed by atoms with E-state index in [1.807, 2.05) is 0 Å². The Morgan fingerprint density at radius 2 is 2.00 bits per heavy atom. The number of rotatable bonds is 3. The van der Waals surface area contributed by atoms with E-state index >= 15 is 0 Å². The lowest BCUT2D eigenvalue weighted by Crippen LogP contribution is -2.51. The van der Waals surface area contributed by atoms with E-state index in [-0.39, 0.29) is 11.9 Å². The third-order valence-electron chi connectivity index (χ3n) is 3.23. The van der Waals surface area contributed by atoms with Crippen molar-refractivity contribution in [2.75, 3.05) is 40.3 Å². The summed E-state index contributed by atoms with van der Waals surface area (Å²) < 4.78 is 5.13. The number of nitrogens with zero attached hydrogens (tertiary/aromatic N) is 4. The molecule has 2 amide bonds. The number of nitro groups is 1. The Morgan fingerprint density at radius 3 is 2.50 bits per heavy atom. The van der Waals surface area contributed by atoms with Crippen molar-refractivity contribution in [1.29, 1.82) is 0 Å². The van der Waals surface area contributed by atoms with Gasteiger partial charge in [-0.1, -0.05) is 0 Å². The molecule has 0 bridgehead atoms. The quantitative estimate of drug-likeness (QED) is 0.609. The van der Waals surface area contributed by atoms with Crippen molar-refractivity contribution in [2.45, 2.75) is 6.54 Å². The average Bonchev–Trinajstić information content (AvgIpc) is 2.87. The molecule has 0 saturated carbocycles. The maximum Gasteiger partial charge on any atom is 0.433 e. The molecule has 2 heterocycles. The van der Waals surface area contributed by atoms with E-state index in [0.29, 0.717) is 25.4 Å². The molecule has 1 aromatic rings. The van der Waals surface area contributed by atoms with Gasteiger partial charge in [0.2, 0.25) is 0 Å². The fraction of sp³-hybridized carbons (Fsp3) is 0.583. The Labute approximate surface area is 116 Å². The molecule has 1 aliphatic heterocycles. The zero-order valence-electron chi connectivity index (χ0n) is 11.6. The van der Waals surface area contributed by atoms with E-state index in [0.717, 1.165) is 13.1 Å². The molecule has 110 valence electrons. The molecule has 8 heteroatoms. The van der Waals surface area contributed by atoms with Gasteiger partial charge in [-0.3, -0.25) is 15.0 Å². The van der Waals surface area contributed by atoms with Crippen LogP contribution >= 0.6 is 0 Å². The first-order valence-corrected chi connectivity index (χ1v) is 6.39. The first-order valence-electron chi connectivity index (χ1n) is 6.39. The molecule has 20 heavy (non-hydrogen) atoms. The smallest absolute Gasteiger partial charge is 0.404 e. The Morgan fingerprint density at radius 1 is 1.35 bits per heavy atom. The average molecular weight is 282 g/mol. The van der Waals surface area contributed by atoms with Gasteiger partial charge in [-0.25, -0.2) is 4.79 Å². The van der Waals surface area contributed by atoms with E-state index in [2.05, 4.69) is 4.90 Å². The summed E-state index contributed by atoms with van der Waals surface area (Å²) in [6.45, 7) is 3.29. The van der Waals surface area contributed by atoms with Crippen molar-refractivity contribution >= 4 is 11.9 Å². The molecule has 8 nitrogen and oxygen atoms in total. The third kappa shape index (κ3) is 3.27. The molecule has 0 N–H and O–H groups in total. The van der Waals surface area contributed by atoms with Crippen LogP contribution in [0.4, 0.5) is 10.7 Å². The molecular formula is C12H18N4O4. The summed E-state index contributed by atoms with van der Waals surface area (Å²) in [7, 11) is 3.47. The minimum Gasteiger partial charge on any atom is -0.404 e. The van der Waals surface area contributed by atoms with Gasteiger partial charge in [-0.05, 0) is 6.07 Å². The van der Waals surface area contributed by atoms with Crippen LogP contribution in [0.2, 0.25) is 0 Å². The predicted molar refractivity (Wildman–Crippen MR) is 71.3 cm³/mol. The first-order chi connectivity index (χ1) is 9.47. The molecule has 1 aliphatic rings. The molecule has 2 rings (SSSR count). The van der Waals surface area contributed by atoms with E-state index in [4.69, 9.17) is 4.42 Å². The zero-order chi connectivity index (χ0) is 14.7. The van der Waals surface area contributed by atoms with Crippen LogP contribution in [0, 0.1) is 10.1 Å². The number of urea groups is 1. The van der Waals surface area contributed by atoms with Gasteiger partial charge in [0, 0.05) is 40.3 Å². The molecule has 0 atom stereocenters. The van der Waals surface area contributed by atoms with Crippen LogP contribution in [-0.2, 0) is 6.54 Å². The number of amides is 2. The van der Waals surface area contributed by atoms with Crippen LogP contribution in [0.15, 0.2) is 16.5 Å². The zero-order valence-corrected chi connectivity index (χ0v) is 11.6. The van der Waals surface area contributed by atoms with Crippen molar-refractivity contribution in [1.82, 2.24) is 14.7 Å². The Kier molecular flexibility index (Phi) is 4.23. The highest BCUT2D eigenvalue weighted by molar-refractivity contribution is 5.73. The van der Waals surface area contributed by atoms with Gasteiger partial charge in [-0.15, -0.1) is 0 Å². The van der Waals surface area contributed by atoms with Gasteiger partial charge in [-0.2, -0.15) is 0 Å². The summed E-state index contributed by atoms with van der Waals surface area (Å²) in [6, 6.07) is 3.00. The van der Waals surface area contributed by atoms with E-state index in [9.17, 15) is 14.9 Å². The topological polar surface area (TPSA) is 83.1 Å². The van der Waals surface area contributed by atoms with Crippen molar-refractivity contribution in [3.63, 3.8) is 0 Å². The first kappa shape index (κ1) is 14.3. The summed E-state index contributed by atoms with van der Waals surface area (Å²) in [5, 5.41) is 10.5. The van der Waals surface area contributed by atoms with Crippen LogP contribution in [0.25, 0.3) is 0 Å². The number of furan rings is 1. The van der Waals surface area contributed by atoms with Gasteiger partial charge < -0.3 is 14.2 Å². The maximum atomic E-state index is 11.8. The molecule has 0 aromatic carbocycles. The van der Waals surface area contributed by atoms with Gasteiger partial charge >= 0.3 is 11.9 Å². The molecule has 0 unspecified atom stereocenters. The lowest BCUT2D eigenvalue weighted by molar-refractivity contribution is -0.402. The highest BCUT2D eigenvalue weighted by Gasteiger charge is 2.23. The predicted octanol–water partition coefficient (Wildman–Crippen LogP) is 0.987. The molecule has 1 fully saturated rings. The van der Waals surface area contributed by atoms with Gasteiger partial charge in [0.25, 0.3) is 0 Å². The fourth-order valence-electron chi connectivity index (χ4n) is 2.15. The largest absolute Gasteiger partial charge is 0.433 e. The molecule has 0 spiro atoms. The summed E-state index contributed by atoms with van der Waals surface area (Å²) >= 11 is 0.